The molecular formula is C16H24F2N2O. The van der Waals surface area contributed by atoms with Gasteiger partial charge in [0, 0.05) is 24.7 Å². The number of ether oxygens (including phenoxy) is 1. The van der Waals surface area contributed by atoms with Crippen molar-refractivity contribution in [3.05, 3.63) is 35.4 Å². The van der Waals surface area contributed by atoms with E-state index in [2.05, 4.69) is 17.1 Å². The van der Waals surface area contributed by atoms with Crippen LogP contribution < -0.4 is 5.32 Å². The molecule has 3 nitrogen and oxygen atoms in total. The van der Waals surface area contributed by atoms with Gasteiger partial charge in [0.1, 0.15) is 11.6 Å². The fraction of sp³-hybridized carbons (Fsp3) is 0.625. The van der Waals surface area contributed by atoms with Gasteiger partial charge in [-0.05, 0) is 31.6 Å². The highest BCUT2D eigenvalue weighted by Gasteiger charge is 2.28. The van der Waals surface area contributed by atoms with Crippen LogP contribution in [0.15, 0.2) is 18.2 Å². The number of hydrogen-bond acceptors (Lipinski definition) is 3. The summed E-state index contributed by atoms with van der Waals surface area (Å²) in [5, 5.41) is 3.31. The zero-order valence-corrected chi connectivity index (χ0v) is 12.7. The summed E-state index contributed by atoms with van der Waals surface area (Å²) in [5.74, 6) is -0.970. The molecule has 2 rings (SSSR count). The number of nitrogens with zero attached hydrogens (tertiary/aromatic N) is 1. The molecule has 0 spiro atoms. The molecule has 0 amide bonds. The van der Waals surface area contributed by atoms with E-state index in [1.807, 2.05) is 6.92 Å². The van der Waals surface area contributed by atoms with E-state index in [0.29, 0.717) is 13.0 Å². The SMILES string of the molecule is CCNC(Cc1c(F)cccc1F)C1CN(CC)CCO1. The van der Waals surface area contributed by atoms with Crippen molar-refractivity contribution >= 4 is 0 Å². The van der Waals surface area contributed by atoms with E-state index in [1.165, 1.54) is 18.2 Å². The lowest BCUT2D eigenvalue weighted by molar-refractivity contribution is -0.0447. The van der Waals surface area contributed by atoms with Crippen molar-refractivity contribution < 1.29 is 13.5 Å². The number of morpholine rings is 1. The molecule has 1 aromatic carbocycles. The first kappa shape index (κ1) is 16.3. The van der Waals surface area contributed by atoms with Gasteiger partial charge in [-0.3, -0.25) is 4.90 Å². The largest absolute Gasteiger partial charge is 0.374 e. The van der Waals surface area contributed by atoms with Crippen LogP contribution in [0.2, 0.25) is 0 Å². The second kappa shape index (κ2) is 7.82. The average Bonchev–Trinajstić information content (AvgIpc) is 2.50. The number of hydrogen-bond donors (Lipinski definition) is 1. The minimum Gasteiger partial charge on any atom is -0.374 e. The van der Waals surface area contributed by atoms with Gasteiger partial charge in [0.25, 0.3) is 0 Å². The van der Waals surface area contributed by atoms with Crippen LogP contribution in [0.3, 0.4) is 0 Å². The highest BCUT2D eigenvalue weighted by Crippen LogP contribution is 2.18. The molecule has 2 atom stereocenters. The summed E-state index contributed by atoms with van der Waals surface area (Å²) in [7, 11) is 0. The van der Waals surface area contributed by atoms with Gasteiger partial charge < -0.3 is 10.1 Å². The summed E-state index contributed by atoms with van der Waals surface area (Å²) < 4.78 is 33.5. The van der Waals surface area contributed by atoms with E-state index < -0.39 is 11.6 Å². The summed E-state index contributed by atoms with van der Waals surface area (Å²) in [6, 6.07) is 3.92. The maximum atomic E-state index is 13.8. The quantitative estimate of drug-likeness (QED) is 0.871. The maximum Gasteiger partial charge on any atom is 0.129 e. The van der Waals surface area contributed by atoms with E-state index in [4.69, 9.17) is 4.74 Å². The van der Waals surface area contributed by atoms with Gasteiger partial charge >= 0.3 is 0 Å². The van der Waals surface area contributed by atoms with E-state index >= 15 is 0 Å². The van der Waals surface area contributed by atoms with Crippen LogP contribution in [0.5, 0.6) is 0 Å². The van der Waals surface area contributed by atoms with Gasteiger partial charge in [0.15, 0.2) is 0 Å². The van der Waals surface area contributed by atoms with Crippen molar-refractivity contribution in [2.24, 2.45) is 0 Å². The predicted octanol–water partition coefficient (Wildman–Crippen LogP) is 2.21. The number of benzene rings is 1. The molecule has 5 heteroatoms. The number of nitrogens with one attached hydrogen (secondary N) is 1. The first-order valence-corrected chi connectivity index (χ1v) is 7.65. The fourth-order valence-electron chi connectivity index (χ4n) is 2.81. The molecule has 21 heavy (non-hydrogen) atoms. The Balaban J connectivity index is 2.11. The third-order valence-electron chi connectivity index (χ3n) is 4.03. The molecule has 1 aromatic rings. The number of rotatable bonds is 6. The Labute approximate surface area is 125 Å². The van der Waals surface area contributed by atoms with Gasteiger partial charge in [0.2, 0.25) is 0 Å². The van der Waals surface area contributed by atoms with Crippen molar-refractivity contribution in [2.75, 3.05) is 32.8 Å². The average molecular weight is 298 g/mol. The minimum atomic E-state index is -0.485. The maximum absolute atomic E-state index is 13.8. The Bertz CT molecular complexity index is 436. The third kappa shape index (κ3) is 4.22. The summed E-state index contributed by atoms with van der Waals surface area (Å²) in [4.78, 5) is 2.30. The minimum absolute atomic E-state index is 0.0438. The Morgan fingerprint density at radius 3 is 2.67 bits per heavy atom. The molecule has 0 bridgehead atoms. The smallest absolute Gasteiger partial charge is 0.129 e. The van der Waals surface area contributed by atoms with E-state index in [1.54, 1.807) is 0 Å². The summed E-state index contributed by atoms with van der Waals surface area (Å²) in [5.41, 5.74) is 0.140. The second-order valence-corrected chi connectivity index (χ2v) is 5.37. The van der Waals surface area contributed by atoms with E-state index in [0.717, 1.165) is 26.2 Å². The van der Waals surface area contributed by atoms with Crippen LogP contribution in [0.4, 0.5) is 8.78 Å². The molecule has 1 aliphatic heterocycles. The van der Waals surface area contributed by atoms with Gasteiger partial charge in [-0.2, -0.15) is 0 Å². The van der Waals surface area contributed by atoms with Crippen LogP contribution >= 0.6 is 0 Å². The van der Waals surface area contributed by atoms with Crippen LogP contribution in [-0.4, -0.2) is 49.8 Å². The Hall–Kier alpha value is -1.04. The Morgan fingerprint density at radius 2 is 2.05 bits per heavy atom. The summed E-state index contributed by atoms with van der Waals surface area (Å²) in [6.45, 7) is 8.19. The Morgan fingerprint density at radius 1 is 1.33 bits per heavy atom. The van der Waals surface area contributed by atoms with Gasteiger partial charge in [-0.15, -0.1) is 0 Å². The van der Waals surface area contributed by atoms with Crippen molar-refractivity contribution in [3.8, 4) is 0 Å². The first-order valence-electron chi connectivity index (χ1n) is 7.65. The fourth-order valence-corrected chi connectivity index (χ4v) is 2.81. The molecule has 1 saturated heterocycles. The highest BCUT2D eigenvalue weighted by atomic mass is 19.1. The van der Waals surface area contributed by atoms with Gasteiger partial charge in [-0.1, -0.05) is 19.9 Å². The van der Waals surface area contributed by atoms with Crippen LogP contribution in [0.1, 0.15) is 19.4 Å². The molecule has 1 heterocycles. The summed E-state index contributed by atoms with van der Waals surface area (Å²) in [6.07, 6.45) is 0.256. The van der Waals surface area contributed by atoms with Crippen molar-refractivity contribution in [3.63, 3.8) is 0 Å². The monoisotopic (exact) mass is 298 g/mol. The van der Waals surface area contributed by atoms with Crippen molar-refractivity contribution in [1.29, 1.82) is 0 Å². The lowest BCUT2D eigenvalue weighted by atomic mass is 9.99. The normalized spacial score (nSPS) is 21.4. The van der Waals surface area contributed by atoms with Crippen LogP contribution in [0.25, 0.3) is 0 Å². The molecule has 0 aliphatic carbocycles. The number of likely N-dealkylation sites (N-methyl/N-ethyl adjacent to an activating group) is 2. The molecule has 1 aliphatic rings. The molecule has 0 radical (unpaired) electrons. The van der Waals surface area contributed by atoms with Crippen molar-refractivity contribution in [1.82, 2.24) is 10.2 Å². The lowest BCUT2D eigenvalue weighted by Gasteiger charge is -2.37. The molecule has 1 N–H and O–H groups in total. The number of halogens is 2. The Kier molecular flexibility index (Phi) is 6.08. The standard InChI is InChI=1S/C16H24F2N2O/c1-3-19-15(16-11-20(4-2)8-9-21-16)10-12-13(17)6-5-7-14(12)18/h5-7,15-16,19H,3-4,8-11H2,1-2H3. The van der Waals surface area contributed by atoms with E-state index in [-0.39, 0.29) is 17.7 Å². The first-order chi connectivity index (χ1) is 10.2. The predicted molar refractivity (Wildman–Crippen MR) is 79.4 cm³/mol. The lowest BCUT2D eigenvalue weighted by Crippen LogP contribution is -2.53. The van der Waals surface area contributed by atoms with Crippen LogP contribution in [-0.2, 0) is 11.2 Å². The zero-order valence-electron chi connectivity index (χ0n) is 12.7. The zero-order chi connectivity index (χ0) is 15.2. The van der Waals surface area contributed by atoms with E-state index in [9.17, 15) is 8.78 Å². The molecule has 2 unspecified atom stereocenters. The second-order valence-electron chi connectivity index (χ2n) is 5.37. The van der Waals surface area contributed by atoms with Gasteiger partial charge in [-0.25, -0.2) is 8.78 Å². The van der Waals surface area contributed by atoms with Gasteiger partial charge in [0.05, 0.1) is 12.7 Å². The van der Waals surface area contributed by atoms with Crippen LogP contribution in [0, 0.1) is 11.6 Å². The topological polar surface area (TPSA) is 24.5 Å². The third-order valence-corrected chi connectivity index (χ3v) is 4.03. The van der Waals surface area contributed by atoms with Crippen molar-refractivity contribution in [2.45, 2.75) is 32.4 Å². The molecule has 0 aromatic heterocycles. The molecule has 118 valence electrons. The molecular weight excluding hydrogens is 274 g/mol. The summed E-state index contributed by atoms with van der Waals surface area (Å²) >= 11 is 0. The molecule has 0 saturated carbocycles. The molecule has 1 fully saturated rings. The highest BCUT2D eigenvalue weighted by molar-refractivity contribution is 5.21.